The van der Waals surface area contributed by atoms with Crippen molar-refractivity contribution in [2.45, 2.75) is 26.7 Å². The predicted octanol–water partition coefficient (Wildman–Crippen LogP) is 2.42. The van der Waals surface area contributed by atoms with Crippen LogP contribution >= 0.6 is 0 Å². The van der Waals surface area contributed by atoms with E-state index in [-0.39, 0.29) is 11.8 Å². The molecule has 1 aliphatic heterocycles. The Morgan fingerprint density at radius 1 is 1.07 bits per heavy atom. The van der Waals surface area contributed by atoms with Crippen molar-refractivity contribution >= 4 is 29.0 Å². The van der Waals surface area contributed by atoms with Crippen LogP contribution in [0.5, 0.6) is 0 Å². The molecule has 1 amide bonds. The molecule has 29 heavy (non-hydrogen) atoms. The van der Waals surface area contributed by atoms with Gasteiger partial charge in [-0.25, -0.2) is 0 Å². The number of pyridine rings is 2. The minimum atomic E-state index is 0.0269. The smallest absolute Gasteiger partial charge is 0.249 e. The summed E-state index contributed by atoms with van der Waals surface area (Å²) in [5.41, 5.74) is 4.34. The van der Waals surface area contributed by atoms with Crippen LogP contribution in [0.4, 0.5) is 17.5 Å². The quantitative estimate of drug-likeness (QED) is 0.736. The van der Waals surface area contributed by atoms with E-state index in [1.165, 1.54) is 11.3 Å². The van der Waals surface area contributed by atoms with Crippen LogP contribution in [0, 0.1) is 19.8 Å². The van der Waals surface area contributed by atoms with Gasteiger partial charge in [0.2, 0.25) is 11.9 Å². The standard InChI is InChI=1S/C21H25N7O/c1-14-15(2)22-9-8-17(14)26-10-12-27(13-11-26)19-5-3-4-18-23-21(25-28(18)19)24-20(29)16-6-7-16/h3-5,8-9,16H,6-7,10-13H2,1-2H3,(H,24,25,29). The Hall–Kier alpha value is -3.16. The molecule has 0 aromatic carbocycles. The third kappa shape index (κ3) is 3.39. The summed E-state index contributed by atoms with van der Waals surface area (Å²) in [6, 6.07) is 8.08. The van der Waals surface area contributed by atoms with Gasteiger partial charge in [0.25, 0.3) is 0 Å². The first kappa shape index (κ1) is 17.9. The molecule has 0 unspecified atom stereocenters. The number of piperazine rings is 1. The van der Waals surface area contributed by atoms with E-state index >= 15 is 0 Å². The Bertz CT molecular complexity index is 1060. The molecule has 0 atom stereocenters. The highest BCUT2D eigenvalue weighted by Crippen LogP contribution is 2.30. The monoisotopic (exact) mass is 391 g/mol. The molecule has 0 radical (unpaired) electrons. The lowest BCUT2D eigenvalue weighted by Crippen LogP contribution is -2.47. The fourth-order valence-corrected chi connectivity index (χ4v) is 3.89. The minimum absolute atomic E-state index is 0.0269. The van der Waals surface area contributed by atoms with Crippen LogP contribution in [0.2, 0.25) is 0 Å². The summed E-state index contributed by atoms with van der Waals surface area (Å²) in [7, 11) is 0. The number of carbonyl (C=O) groups is 1. The van der Waals surface area contributed by atoms with Crippen LogP contribution in [0.15, 0.2) is 30.5 Å². The summed E-state index contributed by atoms with van der Waals surface area (Å²) in [5.74, 6) is 1.55. The van der Waals surface area contributed by atoms with Gasteiger partial charge in [-0.05, 0) is 50.5 Å². The number of aromatic nitrogens is 4. The van der Waals surface area contributed by atoms with Gasteiger partial charge in [-0.1, -0.05) is 6.07 Å². The molecule has 5 rings (SSSR count). The van der Waals surface area contributed by atoms with Crippen molar-refractivity contribution in [2.24, 2.45) is 5.92 Å². The van der Waals surface area contributed by atoms with Gasteiger partial charge >= 0.3 is 0 Å². The highest BCUT2D eigenvalue weighted by Gasteiger charge is 2.30. The normalized spacial score (nSPS) is 17.0. The van der Waals surface area contributed by atoms with E-state index < -0.39 is 0 Å². The summed E-state index contributed by atoms with van der Waals surface area (Å²) in [6.45, 7) is 7.84. The fourth-order valence-electron chi connectivity index (χ4n) is 3.89. The van der Waals surface area contributed by atoms with Crippen molar-refractivity contribution in [1.29, 1.82) is 0 Å². The number of rotatable bonds is 4. The van der Waals surface area contributed by atoms with Gasteiger partial charge in [-0.3, -0.25) is 15.1 Å². The summed E-state index contributed by atoms with van der Waals surface area (Å²) in [6.07, 6.45) is 3.81. The Labute approximate surface area is 169 Å². The Kier molecular flexibility index (Phi) is 4.34. The topological polar surface area (TPSA) is 78.7 Å². The van der Waals surface area contributed by atoms with Crippen LogP contribution in [-0.4, -0.2) is 51.7 Å². The summed E-state index contributed by atoms with van der Waals surface area (Å²) >= 11 is 0. The van der Waals surface area contributed by atoms with E-state index in [2.05, 4.69) is 56.2 Å². The SMILES string of the molecule is Cc1nccc(N2CCN(c3cccc4nc(NC(=O)C5CC5)nn34)CC2)c1C. The Balaban J connectivity index is 1.34. The molecule has 3 aromatic rings. The van der Waals surface area contributed by atoms with Crippen molar-refractivity contribution in [3.8, 4) is 0 Å². The number of anilines is 3. The van der Waals surface area contributed by atoms with Crippen molar-refractivity contribution in [3.05, 3.63) is 41.7 Å². The number of fused-ring (bicyclic) bond motifs is 1. The minimum Gasteiger partial charge on any atom is -0.368 e. The summed E-state index contributed by atoms with van der Waals surface area (Å²) < 4.78 is 1.83. The number of aryl methyl sites for hydroxylation is 1. The van der Waals surface area contributed by atoms with E-state index in [1.807, 2.05) is 22.8 Å². The third-order valence-corrected chi connectivity index (χ3v) is 5.89. The number of hydrogen-bond donors (Lipinski definition) is 1. The van der Waals surface area contributed by atoms with E-state index in [9.17, 15) is 4.79 Å². The van der Waals surface area contributed by atoms with Gasteiger partial charge in [-0.15, -0.1) is 5.10 Å². The number of nitrogens with one attached hydrogen (secondary N) is 1. The lowest BCUT2D eigenvalue weighted by molar-refractivity contribution is -0.117. The first-order valence-electron chi connectivity index (χ1n) is 10.2. The summed E-state index contributed by atoms with van der Waals surface area (Å²) in [5, 5.41) is 7.40. The molecule has 3 aromatic heterocycles. The second-order valence-corrected chi connectivity index (χ2v) is 7.87. The van der Waals surface area contributed by atoms with Crippen molar-refractivity contribution in [2.75, 3.05) is 41.3 Å². The first-order chi connectivity index (χ1) is 14.1. The second-order valence-electron chi connectivity index (χ2n) is 7.87. The zero-order valence-electron chi connectivity index (χ0n) is 16.8. The highest BCUT2D eigenvalue weighted by molar-refractivity contribution is 5.92. The van der Waals surface area contributed by atoms with E-state index in [4.69, 9.17) is 0 Å². The van der Waals surface area contributed by atoms with E-state index in [0.717, 1.165) is 56.2 Å². The molecule has 2 aliphatic rings. The van der Waals surface area contributed by atoms with Gasteiger partial charge in [0, 0.05) is 49.7 Å². The molecule has 0 spiro atoms. The molecule has 1 aliphatic carbocycles. The van der Waals surface area contributed by atoms with Crippen molar-refractivity contribution in [1.82, 2.24) is 19.6 Å². The lowest BCUT2D eigenvalue weighted by atomic mass is 10.1. The van der Waals surface area contributed by atoms with Crippen molar-refractivity contribution in [3.63, 3.8) is 0 Å². The van der Waals surface area contributed by atoms with Crippen LogP contribution < -0.4 is 15.1 Å². The maximum absolute atomic E-state index is 12.0. The average Bonchev–Trinajstić information content (AvgIpc) is 3.50. The maximum atomic E-state index is 12.0. The van der Waals surface area contributed by atoms with Crippen LogP contribution in [-0.2, 0) is 4.79 Å². The molecule has 8 heteroatoms. The zero-order valence-corrected chi connectivity index (χ0v) is 16.8. The molecule has 1 saturated carbocycles. The Morgan fingerprint density at radius 2 is 1.83 bits per heavy atom. The van der Waals surface area contributed by atoms with Gasteiger partial charge < -0.3 is 9.80 Å². The number of nitrogens with zero attached hydrogens (tertiary/aromatic N) is 6. The van der Waals surface area contributed by atoms with Crippen LogP contribution in [0.25, 0.3) is 5.65 Å². The van der Waals surface area contributed by atoms with Gasteiger partial charge in [0.1, 0.15) is 5.82 Å². The van der Waals surface area contributed by atoms with E-state index in [1.54, 1.807) is 0 Å². The maximum Gasteiger partial charge on any atom is 0.249 e. The average molecular weight is 391 g/mol. The summed E-state index contributed by atoms with van der Waals surface area (Å²) in [4.78, 5) is 25.6. The molecule has 8 nitrogen and oxygen atoms in total. The molecule has 1 saturated heterocycles. The first-order valence-corrected chi connectivity index (χ1v) is 10.2. The second kappa shape index (κ2) is 7.02. The van der Waals surface area contributed by atoms with Crippen LogP contribution in [0.3, 0.4) is 0 Å². The molecular formula is C21H25N7O. The molecule has 2 fully saturated rings. The number of hydrogen-bond acceptors (Lipinski definition) is 6. The molecule has 4 heterocycles. The molecule has 0 bridgehead atoms. The van der Waals surface area contributed by atoms with E-state index in [0.29, 0.717) is 5.95 Å². The molecule has 150 valence electrons. The van der Waals surface area contributed by atoms with Crippen molar-refractivity contribution < 1.29 is 4.79 Å². The predicted molar refractivity (Wildman–Crippen MR) is 112 cm³/mol. The van der Waals surface area contributed by atoms with Gasteiger partial charge in [0.05, 0.1) is 0 Å². The van der Waals surface area contributed by atoms with Gasteiger partial charge in [-0.2, -0.15) is 9.50 Å². The fraction of sp³-hybridized carbons (Fsp3) is 0.429. The third-order valence-electron chi connectivity index (χ3n) is 5.89. The number of amides is 1. The lowest BCUT2D eigenvalue weighted by Gasteiger charge is -2.37. The highest BCUT2D eigenvalue weighted by atomic mass is 16.2. The van der Waals surface area contributed by atoms with Crippen LogP contribution in [0.1, 0.15) is 24.1 Å². The molecular weight excluding hydrogens is 366 g/mol. The Morgan fingerprint density at radius 3 is 2.59 bits per heavy atom. The van der Waals surface area contributed by atoms with Gasteiger partial charge in [0.15, 0.2) is 5.65 Å². The number of carbonyl (C=O) groups excluding carboxylic acids is 1. The zero-order chi connectivity index (χ0) is 20.0. The molecule has 1 N–H and O–H groups in total. The largest absolute Gasteiger partial charge is 0.368 e.